The fraction of sp³-hybridized carbons (Fsp3) is 0.533. The molecule has 1 fully saturated rings. The van der Waals surface area contributed by atoms with Crippen molar-refractivity contribution in [2.45, 2.75) is 38.8 Å². The number of hydrogen-bond donors (Lipinski definition) is 2. The number of rotatable bonds is 3. The van der Waals surface area contributed by atoms with Crippen molar-refractivity contribution < 1.29 is 0 Å². The molecule has 0 radical (unpaired) electrons. The highest BCUT2D eigenvalue weighted by Crippen LogP contribution is 2.24. The molecule has 1 aliphatic heterocycles. The third kappa shape index (κ3) is 2.59. The van der Waals surface area contributed by atoms with Crippen LogP contribution in [0.3, 0.4) is 0 Å². The van der Waals surface area contributed by atoms with Crippen LogP contribution in [0.5, 0.6) is 0 Å². The van der Waals surface area contributed by atoms with Crippen LogP contribution in [-0.2, 0) is 0 Å². The second-order valence-electron chi connectivity index (χ2n) is 5.69. The van der Waals surface area contributed by atoms with Gasteiger partial charge in [-0.05, 0) is 32.8 Å². The predicted octanol–water partition coefficient (Wildman–Crippen LogP) is 2.85. The number of piperidine rings is 1. The summed E-state index contributed by atoms with van der Waals surface area (Å²) in [5, 5.41) is 12.0. The maximum atomic E-state index is 4.12. The molecule has 1 aliphatic rings. The van der Waals surface area contributed by atoms with Crippen LogP contribution in [0, 0.1) is 0 Å². The monoisotopic (exact) mass is 258 g/mol. The van der Waals surface area contributed by atoms with Crippen LogP contribution in [0.2, 0.25) is 0 Å². The van der Waals surface area contributed by atoms with E-state index in [1.54, 1.807) is 0 Å². The van der Waals surface area contributed by atoms with Crippen LogP contribution in [0.15, 0.2) is 24.4 Å². The van der Waals surface area contributed by atoms with Gasteiger partial charge < -0.3 is 10.2 Å². The second-order valence-corrected chi connectivity index (χ2v) is 5.69. The van der Waals surface area contributed by atoms with E-state index < -0.39 is 0 Å². The highest BCUT2D eigenvalue weighted by Gasteiger charge is 2.21. The number of H-pyrrole nitrogens is 1. The van der Waals surface area contributed by atoms with E-state index in [1.165, 1.54) is 37.0 Å². The SMILES string of the molecule is CC(C)N1CCC(Nc2cccc3cn[nH]c23)CC1. The molecular weight excluding hydrogens is 236 g/mol. The molecule has 3 rings (SSSR count). The third-order valence-corrected chi connectivity index (χ3v) is 4.10. The summed E-state index contributed by atoms with van der Waals surface area (Å²) < 4.78 is 0. The summed E-state index contributed by atoms with van der Waals surface area (Å²) in [6.45, 7) is 6.93. The molecule has 0 atom stereocenters. The summed E-state index contributed by atoms with van der Waals surface area (Å²) in [7, 11) is 0. The minimum absolute atomic E-state index is 0.573. The fourth-order valence-corrected chi connectivity index (χ4v) is 2.87. The number of fused-ring (bicyclic) bond motifs is 1. The smallest absolute Gasteiger partial charge is 0.0881 e. The molecule has 2 aromatic rings. The molecule has 0 unspecified atom stereocenters. The van der Waals surface area contributed by atoms with Gasteiger partial charge in [-0.3, -0.25) is 5.10 Å². The number of likely N-dealkylation sites (tertiary alicyclic amines) is 1. The summed E-state index contributed by atoms with van der Waals surface area (Å²) in [6.07, 6.45) is 4.30. The van der Waals surface area contributed by atoms with Gasteiger partial charge in [0, 0.05) is 30.6 Å². The Balaban J connectivity index is 1.68. The highest BCUT2D eigenvalue weighted by molar-refractivity contribution is 5.89. The van der Waals surface area contributed by atoms with Crippen molar-refractivity contribution in [3.05, 3.63) is 24.4 Å². The Hall–Kier alpha value is -1.55. The van der Waals surface area contributed by atoms with Gasteiger partial charge in [-0.25, -0.2) is 0 Å². The second kappa shape index (κ2) is 5.21. The topological polar surface area (TPSA) is 44.0 Å². The molecule has 19 heavy (non-hydrogen) atoms. The lowest BCUT2D eigenvalue weighted by atomic mass is 10.0. The number of aromatic nitrogens is 2. The molecule has 0 aliphatic carbocycles. The van der Waals surface area contributed by atoms with Crippen LogP contribution in [0.25, 0.3) is 10.9 Å². The van der Waals surface area contributed by atoms with Gasteiger partial charge in [-0.15, -0.1) is 0 Å². The quantitative estimate of drug-likeness (QED) is 0.889. The normalized spacial score (nSPS) is 18.3. The molecule has 1 aromatic heterocycles. The van der Waals surface area contributed by atoms with Gasteiger partial charge in [0.1, 0.15) is 0 Å². The first kappa shape index (κ1) is 12.5. The first-order chi connectivity index (χ1) is 9.24. The van der Waals surface area contributed by atoms with E-state index in [-0.39, 0.29) is 0 Å². The van der Waals surface area contributed by atoms with Crippen LogP contribution in [-0.4, -0.2) is 40.3 Å². The Bertz CT molecular complexity index is 538. The van der Waals surface area contributed by atoms with Gasteiger partial charge in [0.2, 0.25) is 0 Å². The maximum absolute atomic E-state index is 4.12. The van der Waals surface area contributed by atoms with Crippen LogP contribution < -0.4 is 5.32 Å². The van der Waals surface area contributed by atoms with Crippen LogP contribution in [0.4, 0.5) is 5.69 Å². The number of aromatic amines is 1. The molecule has 0 bridgehead atoms. The first-order valence-corrected chi connectivity index (χ1v) is 7.17. The van der Waals surface area contributed by atoms with E-state index in [9.17, 15) is 0 Å². The standard InChI is InChI=1S/C15H22N4/c1-11(2)19-8-6-13(7-9-19)17-14-5-3-4-12-10-16-18-15(12)14/h3-5,10-11,13,17H,6-9H2,1-2H3,(H,16,18). The summed E-state index contributed by atoms with van der Waals surface area (Å²) in [6, 6.07) is 7.55. The van der Waals surface area contributed by atoms with Crippen molar-refractivity contribution in [3.63, 3.8) is 0 Å². The molecule has 4 nitrogen and oxygen atoms in total. The summed E-state index contributed by atoms with van der Waals surface area (Å²) in [4.78, 5) is 2.55. The zero-order valence-electron chi connectivity index (χ0n) is 11.7. The molecule has 4 heteroatoms. The first-order valence-electron chi connectivity index (χ1n) is 7.17. The third-order valence-electron chi connectivity index (χ3n) is 4.10. The number of nitrogens with zero attached hydrogens (tertiary/aromatic N) is 2. The number of para-hydroxylation sites is 1. The van der Waals surface area contributed by atoms with E-state index in [0.717, 1.165) is 5.52 Å². The van der Waals surface area contributed by atoms with Gasteiger partial charge in [0.25, 0.3) is 0 Å². The molecular formula is C15H22N4. The summed E-state index contributed by atoms with van der Waals surface area (Å²) in [5.41, 5.74) is 2.30. The summed E-state index contributed by atoms with van der Waals surface area (Å²) in [5.74, 6) is 0. The van der Waals surface area contributed by atoms with Crippen LogP contribution in [0.1, 0.15) is 26.7 Å². The Morgan fingerprint density at radius 1 is 1.32 bits per heavy atom. The van der Waals surface area contributed by atoms with Crippen molar-refractivity contribution in [2.75, 3.05) is 18.4 Å². The number of hydrogen-bond acceptors (Lipinski definition) is 3. The average Bonchev–Trinajstić information content (AvgIpc) is 2.89. The van der Waals surface area contributed by atoms with Crippen molar-refractivity contribution in [1.29, 1.82) is 0 Å². The number of nitrogens with one attached hydrogen (secondary N) is 2. The molecule has 1 aromatic carbocycles. The molecule has 102 valence electrons. The molecule has 0 amide bonds. The van der Waals surface area contributed by atoms with Crippen molar-refractivity contribution >= 4 is 16.6 Å². The maximum Gasteiger partial charge on any atom is 0.0881 e. The van der Waals surface area contributed by atoms with Gasteiger partial charge in [0.15, 0.2) is 0 Å². The largest absolute Gasteiger partial charge is 0.380 e. The minimum atomic E-state index is 0.573. The van der Waals surface area contributed by atoms with Crippen molar-refractivity contribution in [3.8, 4) is 0 Å². The van der Waals surface area contributed by atoms with Gasteiger partial charge >= 0.3 is 0 Å². The molecule has 2 N–H and O–H groups in total. The lowest BCUT2D eigenvalue weighted by molar-refractivity contribution is 0.177. The number of benzene rings is 1. The molecule has 1 saturated heterocycles. The Morgan fingerprint density at radius 2 is 2.11 bits per heavy atom. The van der Waals surface area contributed by atoms with Crippen LogP contribution >= 0.6 is 0 Å². The minimum Gasteiger partial charge on any atom is -0.380 e. The van der Waals surface area contributed by atoms with Gasteiger partial charge in [-0.2, -0.15) is 5.10 Å². The highest BCUT2D eigenvalue weighted by atomic mass is 15.2. The zero-order valence-corrected chi connectivity index (χ0v) is 11.7. The van der Waals surface area contributed by atoms with E-state index >= 15 is 0 Å². The average molecular weight is 258 g/mol. The summed E-state index contributed by atoms with van der Waals surface area (Å²) >= 11 is 0. The van der Waals surface area contributed by atoms with E-state index in [2.05, 4.69) is 52.5 Å². The Morgan fingerprint density at radius 3 is 2.84 bits per heavy atom. The van der Waals surface area contributed by atoms with Crippen molar-refractivity contribution in [2.24, 2.45) is 0 Å². The molecule has 2 heterocycles. The lowest BCUT2D eigenvalue weighted by Crippen LogP contribution is -2.42. The van der Waals surface area contributed by atoms with E-state index in [1.807, 2.05) is 6.20 Å². The zero-order chi connectivity index (χ0) is 13.2. The van der Waals surface area contributed by atoms with E-state index in [4.69, 9.17) is 0 Å². The predicted molar refractivity (Wildman–Crippen MR) is 79.4 cm³/mol. The molecule has 0 saturated carbocycles. The Labute approximate surface area is 114 Å². The lowest BCUT2D eigenvalue weighted by Gasteiger charge is -2.35. The fourth-order valence-electron chi connectivity index (χ4n) is 2.87. The van der Waals surface area contributed by atoms with Gasteiger partial charge in [-0.1, -0.05) is 12.1 Å². The Kier molecular flexibility index (Phi) is 3.42. The molecule has 0 spiro atoms. The van der Waals surface area contributed by atoms with E-state index in [0.29, 0.717) is 12.1 Å². The number of anilines is 1. The van der Waals surface area contributed by atoms with Gasteiger partial charge in [0.05, 0.1) is 17.4 Å². The van der Waals surface area contributed by atoms with Crippen molar-refractivity contribution in [1.82, 2.24) is 15.1 Å².